The third kappa shape index (κ3) is 2.29. The summed E-state index contributed by atoms with van der Waals surface area (Å²) < 4.78 is 0. The van der Waals surface area contributed by atoms with Crippen LogP contribution in [0.1, 0.15) is 23.2 Å². The van der Waals surface area contributed by atoms with Crippen LogP contribution in [0.5, 0.6) is 0 Å². The molecule has 3 saturated heterocycles. The third-order valence-electron chi connectivity index (χ3n) is 4.85. The summed E-state index contributed by atoms with van der Waals surface area (Å²) in [5.41, 5.74) is 1.48. The highest BCUT2D eigenvalue weighted by Crippen LogP contribution is 2.28. The molecule has 5 rings (SSSR count). The molecule has 1 N–H and O–H groups in total. The molecule has 0 spiro atoms. The van der Waals surface area contributed by atoms with Crippen LogP contribution in [0.2, 0.25) is 0 Å². The lowest BCUT2D eigenvalue weighted by Crippen LogP contribution is -2.57. The highest BCUT2D eigenvalue weighted by molar-refractivity contribution is 6.05. The number of pyridine rings is 1. The number of hydrogen-bond acceptors (Lipinski definition) is 3. The Morgan fingerprint density at radius 3 is 2.76 bits per heavy atom. The van der Waals surface area contributed by atoms with E-state index >= 15 is 0 Å². The van der Waals surface area contributed by atoms with E-state index in [1.165, 1.54) is 25.9 Å². The van der Waals surface area contributed by atoms with Crippen LogP contribution in [0.4, 0.5) is 0 Å². The molecule has 1 amide bonds. The minimum absolute atomic E-state index is 0.0121. The van der Waals surface area contributed by atoms with Gasteiger partial charge in [0.15, 0.2) is 0 Å². The molecule has 3 aliphatic rings. The average Bonchev–Trinajstić information content (AvgIpc) is 2.55. The average molecular weight is 281 g/mol. The molecule has 1 aromatic carbocycles. The number of benzene rings is 1. The first-order valence-electron chi connectivity index (χ1n) is 7.68. The SMILES string of the molecule is O=C(N[C@H]1CN2CCC1CC2)c1cccc2cccnc12. The van der Waals surface area contributed by atoms with Gasteiger partial charge in [-0.3, -0.25) is 9.78 Å². The van der Waals surface area contributed by atoms with Crippen LogP contribution >= 0.6 is 0 Å². The maximum Gasteiger partial charge on any atom is 0.253 e. The van der Waals surface area contributed by atoms with Gasteiger partial charge < -0.3 is 10.2 Å². The van der Waals surface area contributed by atoms with Gasteiger partial charge in [0.05, 0.1) is 11.1 Å². The maximum absolute atomic E-state index is 12.6. The topological polar surface area (TPSA) is 45.2 Å². The van der Waals surface area contributed by atoms with Gasteiger partial charge >= 0.3 is 0 Å². The summed E-state index contributed by atoms with van der Waals surface area (Å²) >= 11 is 0. The molecule has 0 aliphatic carbocycles. The fourth-order valence-electron chi connectivity index (χ4n) is 3.66. The van der Waals surface area contributed by atoms with Crippen LogP contribution in [0, 0.1) is 5.92 Å². The standard InChI is InChI=1S/C17H19N3O/c21-17(19-15-11-20-9-6-12(15)7-10-20)14-5-1-3-13-4-2-8-18-16(13)14/h1-5,8,12,15H,6-7,9-11H2,(H,19,21)/t15-/m0/s1. The number of carbonyl (C=O) groups excluding carboxylic acids is 1. The molecule has 4 nitrogen and oxygen atoms in total. The summed E-state index contributed by atoms with van der Waals surface area (Å²) in [6.45, 7) is 3.37. The first-order chi connectivity index (χ1) is 10.3. The Bertz CT molecular complexity index is 671. The zero-order valence-electron chi connectivity index (χ0n) is 12.0. The van der Waals surface area contributed by atoms with Gasteiger partial charge in [-0.25, -0.2) is 0 Å². The molecular weight excluding hydrogens is 262 g/mol. The second kappa shape index (κ2) is 5.11. The lowest BCUT2D eigenvalue weighted by Gasteiger charge is -2.44. The van der Waals surface area contributed by atoms with Gasteiger partial charge in [0.25, 0.3) is 5.91 Å². The Morgan fingerprint density at radius 2 is 2.00 bits per heavy atom. The van der Waals surface area contributed by atoms with E-state index in [9.17, 15) is 4.79 Å². The van der Waals surface area contributed by atoms with Crippen molar-refractivity contribution < 1.29 is 4.79 Å². The summed E-state index contributed by atoms with van der Waals surface area (Å²) in [7, 11) is 0. The van der Waals surface area contributed by atoms with Crippen LogP contribution in [-0.2, 0) is 0 Å². The van der Waals surface area contributed by atoms with Gasteiger partial charge in [-0.1, -0.05) is 18.2 Å². The number of nitrogens with one attached hydrogen (secondary N) is 1. The Labute approximate surface area is 124 Å². The number of fused-ring (bicyclic) bond motifs is 4. The Balaban J connectivity index is 1.59. The van der Waals surface area contributed by atoms with Crippen LogP contribution in [0.15, 0.2) is 36.5 Å². The predicted octanol–water partition coefficient (Wildman–Crippen LogP) is 2.06. The van der Waals surface area contributed by atoms with Gasteiger partial charge in [0.1, 0.15) is 0 Å². The number of piperidine rings is 3. The van der Waals surface area contributed by atoms with Gasteiger partial charge in [-0.15, -0.1) is 0 Å². The number of para-hydroxylation sites is 1. The molecule has 0 radical (unpaired) electrons. The molecular formula is C17H19N3O. The molecule has 0 saturated carbocycles. The van der Waals surface area contributed by atoms with Crippen molar-refractivity contribution in [3.05, 3.63) is 42.1 Å². The molecule has 1 aromatic heterocycles. The summed E-state index contributed by atoms with van der Waals surface area (Å²) in [5, 5.41) is 4.25. The summed E-state index contributed by atoms with van der Waals surface area (Å²) in [4.78, 5) is 19.5. The van der Waals surface area contributed by atoms with Gasteiger partial charge in [0, 0.05) is 24.2 Å². The minimum atomic E-state index is 0.0121. The Morgan fingerprint density at radius 1 is 1.19 bits per heavy atom. The zero-order chi connectivity index (χ0) is 14.2. The second-order valence-electron chi connectivity index (χ2n) is 6.10. The van der Waals surface area contributed by atoms with Crippen molar-refractivity contribution in [1.29, 1.82) is 0 Å². The van der Waals surface area contributed by atoms with Gasteiger partial charge in [-0.05, 0) is 44.0 Å². The number of hydrogen-bond donors (Lipinski definition) is 1. The van der Waals surface area contributed by atoms with Crippen molar-refractivity contribution in [3.63, 3.8) is 0 Å². The van der Waals surface area contributed by atoms with Crippen molar-refractivity contribution >= 4 is 16.8 Å². The summed E-state index contributed by atoms with van der Waals surface area (Å²) in [5.74, 6) is 0.653. The first-order valence-corrected chi connectivity index (χ1v) is 7.68. The number of amides is 1. The normalized spacial score (nSPS) is 27.7. The number of aromatic nitrogens is 1. The molecule has 0 unspecified atom stereocenters. The molecule has 2 bridgehead atoms. The largest absolute Gasteiger partial charge is 0.348 e. The monoisotopic (exact) mass is 281 g/mol. The number of nitrogens with zero attached hydrogens (tertiary/aromatic N) is 2. The van der Waals surface area contributed by atoms with E-state index in [-0.39, 0.29) is 5.91 Å². The molecule has 1 atom stereocenters. The van der Waals surface area contributed by atoms with Crippen LogP contribution in [-0.4, -0.2) is 41.5 Å². The van der Waals surface area contributed by atoms with E-state index in [0.717, 1.165) is 17.4 Å². The van der Waals surface area contributed by atoms with Gasteiger partial charge in [-0.2, -0.15) is 0 Å². The second-order valence-corrected chi connectivity index (χ2v) is 6.10. The van der Waals surface area contributed by atoms with Crippen molar-refractivity contribution in [2.75, 3.05) is 19.6 Å². The highest BCUT2D eigenvalue weighted by atomic mass is 16.1. The smallest absolute Gasteiger partial charge is 0.253 e. The Kier molecular flexibility index (Phi) is 3.11. The van der Waals surface area contributed by atoms with E-state index in [0.29, 0.717) is 17.5 Å². The minimum Gasteiger partial charge on any atom is -0.348 e. The molecule has 4 heteroatoms. The van der Waals surface area contributed by atoms with E-state index < -0.39 is 0 Å². The van der Waals surface area contributed by atoms with Crippen molar-refractivity contribution in [2.45, 2.75) is 18.9 Å². The lowest BCUT2D eigenvalue weighted by molar-refractivity contribution is 0.0621. The zero-order valence-corrected chi connectivity index (χ0v) is 12.0. The van der Waals surface area contributed by atoms with Crippen molar-refractivity contribution in [2.24, 2.45) is 5.92 Å². The van der Waals surface area contributed by atoms with Gasteiger partial charge in [0.2, 0.25) is 0 Å². The molecule has 108 valence electrons. The fraction of sp³-hybridized carbons (Fsp3) is 0.412. The molecule has 3 fully saturated rings. The van der Waals surface area contributed by atoms with E-state index in [4.69, 9.17) is 0 Å². The quantitative estimate of drug-likeness (QED) is 0.916. The van der Waals surface area contributed by atoms with Crippen molar-refractivity contribution in [3.8, 4) is 0 Å². The number of rotatable bonds is 2. The maximum atomic E-state index is 12.6. The molecule has 4 heterocycles. The predicted molar refractivity (Wildman–Crippen MR) is 82.2 cm³/mol. The molecule has 21 heavy (non-hydrogen) atoms. The lowest BCUT2D eigenvalue weighted by atomic mass is 9.84. The molecule has 3 aliphatic heterocycles. The third-order valence-corrected chi connectivity index (χ3v) is 4.85. The van der Waals surface area contributed by atoms with E-state index in [1.54, 1.807) is 6.20 Å². The summed E-state index contributed by atoms with van der Waals surface area (Å²) in [6.07, 6.45) is 4.16. The van der Waals surface area contributed by atoms with E-state index in [2.05, 4.69) is 15.2 Å². The highest BCUT2D eigenvalue weighted by Gasteiger charge is 2.35. The van der Waals surface area contributed by atoms with Crippen LogP contribution < -0.4 is 5.32 Å². The number of carbonyl (C=O) groups is 1. The van der Waals surface area contributed by atoms with Crippen LogP contribution in [0.25, 0.3) is 10.9 Å². The van der Waals surface area contributed by atoms with Crippen molar-refractivity contribution in [1.82, 2.24) is 15.2 Å². The van der Waals surface area contributed by atoms with Crippen LogP contribution in [0.3, 0.4) is 0 Å². The molecule has 2 aromatic rings. The Hall–Kier alpha value is -1.94. The summed E-state index contributed by atoms with van der Waals surface area (Å²) in [6, 6.07) is 9.97. The fourth-order valence-corrected chi connectivity index (χ4v) is 3.66. The first kappa shape index (κ1) is 12.8. The van der Waals surface area contributed by atoms with E-state index in [1.807, 2.05) is 30.3 Å².